The fraction of sp³-hybridized carbons (Fsp3) is 0.429. The molecule has 2 nitrogen and oxygen atoms in total. The summed E-state index contributed by atoms with van der Waals surface area (Å²) in [5, 5.41) is 10.7. The lowest BCUT2D eigenvalue weighted by atomic mass is 9.78. The topological polar surface area (TPSA) is 29.5 Å². The van der Waals surface area contributed by atoms with Crippen LogP contribution in [0.15, 0.2) is 42.5 Å². The molecule has 0 unspecified atom stereocenters. The zero-order valence-corrected chi connectivity index (χ0v) is 14.2. The molecular weight excluding hydrogens is 303 g/mol. The van der Waals surface area contributed by atoms with Crippen molar-refractivity contribution >= 4 is 0 Å². The van der Waals surface area contributed by atoms with Crippen molar-refractivity contribution in [2.75, 3.05) is 6.67 Å². The first kappa shape index (κ1) is 17.0. The smallest absolute Gasteiger partial charge is 0.126 e. The Morgan fingerprint density at radius 3 is 2.71 bits per heavy atom. The second kappa shape index (κ2) is 7.80. The van der Waals surface area contributed by atoms with Gasteiger partial charge in [0.2, 0.25) is 0 Å². The minimum absolute atomic E-state index is 0.151. The molecule has 128 valence electrons. The highest BCUT2D eigenvalue weighted by Crippen LogP contribution is 2.42. The number of benzene rings is 2. The van der Waals surface area contributed by atoms with Gasteiger partial charge >= 0.3 is 0 Å². The summed E-state index contributed by atoms with van der Waals surface area (Å²) in [6, 6.07) is 14.1. The van der Waals surface area contributed by atoms with Gasteiger partial charge in [-0.15, -0.1) is 0 Å². The predicted molar refractivity (Wildman–Crippen MR) is 93.9 cm³/mol. The molecule has 1 aliphatic rings. The van der Waals surface area contributed by atoms with Gasteiger partial charge in [0.25, 0.3) is 0 Å². The molecule has 1 N–H and O–H groups in total. The molecule has 0 fully saturated rings. The van der Waals surface area contributed by atoms with Gasteiger partial charge in [0, 0.05) is 5.56 Å². The Kier molecular flexibility index (Phi) is 5.52. The Bertz CT molecular complexity index is 669. The van der Waals surface area contributed by atoms with Crippen LogP contribution in [-0.2, 0) is 13.0 Å². The molecule has 0 spiro atoms. The van der Waals surface area contributed by atoms with Gasteiger partial charge in [-0.25, -0.2) is 0 Å². The predicted octanol–water partition coefficient (Wildman–Crippen LogP) is 4.92. The number of aliphatic hydroxyl groups excluding tert-OH is 1. The van der Waals surface area contributed by atoms with Crippen LogP contribution in [0.5, 0.6) is 5.75 Å². The molecule has 0 aliphatic heterocycles. The fourth-order valence-electron chi connectivity index (χ4n) is 3.61. The molecule has 0 saturated carbocycles. The second-order valence-corrected chi connectivity index (χ2v) is 6.63. The van der Waals surface area contributed by atoms with E-state index in [4.69, 9.17) is 4.74 Å². The maximum Gasteiger partial charge on any atom is 0.126 e. The van der Waals surface area contributed by atoms with Gasteiger partial charge in [-0.3, -0.25) is 4.39 Å². The number of fused-ring (bicyclic) bond motifs is 1. The lowest BCUT2D eigenvalue weighted by molar-refractivity contribution is 0.0850. The van der Waals surface area contributed by atoms with E-state index in [-0.39, 0.29) is 12.6 Å². The fourth-order valence-corrected chi connectivity index (χ4v) is 3.61. The van der Waals surface area contributed by atoms with Crippen LogP contribution in [0.1, 0.15) is 47.6 Å². The maximum absolute atomic E-state index is 12.4. The van der Waals surface area contributed by atoms with E-state index in [1.54, 1.807) is 0 Å². The van der Waals surface area contributed by atoms with E-state index in [0.717, 1.165) is 47.3 Å². The standard InChI is InChI=1S/C21H25FO2/c1-15-9-11-18-19(12-10-17(20(18)23)8-5-13-22)21(15)24-14-16-6-3-2-4-7-16/h2-4,6-7,9,11,17,20,23H,5,8,10,12-14H2,1H3/t17-,20+/m1/s1. The highest BCUT2D eigenvalue weighted by Gasteiger charge is 2.30. The molecule has 2 aromatic rings. The summed E-state index contributed by atoms with van der Waals surface area (Å²) in [4.78, 5) is 0. The minimum atomic E-state index is -0.514. The van der Waals surface area contributed by atoms with Crippen molar-refractivity contribution in [2.45, 2.75) is 45.3 Å². The van der Waals surface area contributed by atoms with Crippen molar-refractivity contribution in [1.29, 1.82) is 0 Å². The normalized spacial score (nSPS) is 19.8. The largest absolute Gasteiger partial charge is 0.488 e. The van der Waals surface area contributed by atoms with Gasteiger partial charge in [0.15, 0.2) is 0 Å². The molecular formula is C21H25FO2. The molecule has 1 aliphatic carbocycles. The van der Waals surface area contributed by atoms with Crippen LogP contribution in [0, 0.1) is 12.8 Å². The molecule has 0 saturated heterocycles. The summed E-state index contributed by atoms with van der Waals surface area (Å²) in [6.45, 7) is 2.26. The summed E-state index contributed by atoms with van der Waals surface area (Å²) in [7, 11) is 0. The van der Waals surface area contributed by atoms with Crippen LogP contribution in [-0.4, -0.2) is 11.8 Å². The highest BCUT2D eigenvalue weighted by atomic mass is 19.1. The lowest BCUT2D eigenvalue weighted by Gasteiger charge is -2.31. The van der Waals surface area contributed by atoms with Crippen LogP contribution in [0.4, 0.5) is 4.39 Å². The number of rotatable bonds is 6. The van der Waals surface area contributed by atoms with Crippen LogP contribution < -0.4 is 4.74 Å². The third-order valence-electron chi connectivity index (χ3n) is 4.96. The third-order valence-corrected chi connectivity index (χ3v) is 4.96. The Balaban J connectivity index is 1.80. The molecule has 2 aromatic carbocycles. The Hall–Kier alpha value is -1.87. The average molecular weight is 328 g/mol. The molecule has 3 rings (SSSR count). The first-order valence-electron chi connectivity index (χ1n) is 8.74. The second-order valence-electron chi connectivity index (χ2n) is 6.63. The summed E-state index contributed by atoms with van der Waals surface area (Å²) < 4.78 is 18.6. The van der Waals surface area contributed by atoms with E-state index >= 15 is 0 Å². The van der Waals surface area contributed by atoms with Crippen molar-refractivity contribution in [3.8, 4) is 5.75 Å². The molecule has 0 aromatic heterocycles. The van der Waals surface area contributed by atoms with E-state index in [0.29, 0.717) is 13.0 Å². The number of halogens is 1. The quantitative estimate of drug-likeness (QED) is 0.815. The molecule has 0 radical (unpaired) electrons. The minimum Gasteiger partial charge on any atom is -0.488 e. The van der Waals surface area contributed by atoms with Gasteiger partial charge in [-0.1, -0.05) is 42.5 Å². The molecule has 3 heteroatoms. The summed E-state index contributed by atoms with van der Waals surface area (Å²) in [6.07, 6.45) is 2.53. The number of aliphatic hydroxyl groups is 1. The van der Waals surface area contributed by atoms with Crippen LogP contribution in [0.3, 0.4) is 0 Å². The molecule has 0 heterocycles. The zero-order valence-electron chi connectivity index (χ0n) is 14.2. The lowest BCUT2D eigenvalue weighted by Crippen LogP contribution is -2.21. The molecule has 2 atom stereocenters. The SMILES string of the molecule is Cc1ccc2c(c1OCc1ccccc1)CC[C@@H](CCCF)[C@@H]2O. The monoisotopic (exact) mass is 328 g/mol. The first-order chi connectivity index (χ1) is 11.7. The third kappa shape index (κ3) is 3.62. The zero-order chi connectivity index (χ0) is 16.9. The Morgan fingerprint density at radius 1 is 1.17 bits per heavy atom. The van der Waals surface area contributed by atoms with Gasteiger partial charge in [0.05, 0.1) is 12.8 Å². The first-order valence-corrected chi connectivity index (χ1v) is 8.74. The van der Waals surface area contributed by atoms with E-state index in [9.17, 15) is 9.50 Å². The summed E-state index contributed by atoms with van der Waals surface area (Å²) in [5.74, 6) is 1.05. The van der Waals surface area contributed by atoms with Gasteiger partial charge < -0.3 is 9.84 Å². The van der Waals surface area contributed by atoms with E-state index < -0.39 is 6.10 Å². The van der Waals surface area contributed by atoms with Gasteiger partial charge in [-0.05, 0) is 55.2 Å². The Labute approximate surface area is 143 Å². The molecule has 24 heavy (non-hydrogen) atoms. The van der Waals surface area contributed by atoms with Crippen molar-refractivity contribution < 1.29 is 14.2 Å². The van der Waals surface area contributed by atoms with Crippen molar-refractivity contribution in [2.24, 2.45) is 5.92 Å². The van der Waals surface area contributed by atoms with E-state index in [1.807, 2.05) is 49.4 Å². The van der Waals surface area contributed by atoms with Gasteiger partial charge in [-0.2, -0.15) is 0 Å². The Morgan fingerprint density at radius 2 is 1.96 bits per heavy atom. The average Bonchev–Trinajstić information content (AvgIpc) is 2.61. The van der Waals surface area contributed by atoms with Gasteiger partial charge in [0.1, 0.15) is 12.4 Å². The van der Waals surface area contributed by atoms with Crippen molar-refractivity contribution in [1.82, 2.24) is 0 Å². The highest BCUT2D eigenvalue weighted by molar-refractivity contribution is 5.48. The number of hydrogen-bond acceptors (Lipinski definition) is 2. The summed E-state index contributed by atoms with van der Waals surface area (Å²) >= 11 is 0. The van der Waals surface area contributed by atoms with Crippen molar-refractivity contribution in [3.63, 3.8) is 0 Å². The number of aryl methyl sites for hydroxylation is 1. The van der Waals surface area contributed by atoms with E-state index in [1.165, 1.54) is 0 Å². The number of alkyl halides is 1. The van der Waals surface area contributed by atoms with Crippen LogP contribution >= 0.6 is 0 Å². The number of ether oxygens (including phenoxy) is 1. The maximum atomic E-state index is 12.4. The van der Waals surface area contributed by atoms with Crippen LogP contribution in [0.25, 0.3) is 0 Å². The van der Waals surface area contributed by atoms with Crippen molar-refractivity contribution in [3.05, 3.63) is 64.7 Å². The van der Waals surface area contributed by atoms with E-state index in [2.05, 4.69) is 0 Å². The number of hydrogen-bond donors (Lipinski definition) is 1. The summed E-state index contributed by atoms with van der Waals surface area (Å²) in [5.41, 5.74) is 4.31. The van der Waals surface area contributed by atoms with Crippen LogP contribution in [0.2, 0.25) is 0 Å². The molecule has 0 bridgehead atoms. The molecule has 0 amide bonds.